The summed E-state index contributed by atoms with van der Waals surface area (Å²) in [6.07, 6.45) is 0. The lowest BCUT2D eigenvalue weighted by Crippen LogP contribution is -3.00. The molecular formula is C18H19ClN6O2. The lowest BCUT2D eigenvalue weighted by Gasteiger charge is -2.15. The summed E-state index contributed by atoms with van der Waals surface area (Å²) >= 11 is 0. The number of pyridine rings is 1. The molecule has 27 heavy (non-hydrogen) atoms. The second-order valence-electron chi connectivity index (χ2n) is 5.98. The molecule has 9 heteroatoms. The van der Waals surface area contributed by atoms with Gasteiger partial charge in [-0.25, -0.2) is 9.78 Å². The molecule has 0 aliphatic carbocycles. The van der Waals surface area contributed by atoms with Crippen LogP contribution in [-0.4, -0.2) is 41.9 Å². The fourth-order valence-corrected chi connectivity index (χ4v) is 2.90. The number of aryl methyl sites for hydroxylation is 1. The summed E-state index contributed by atoms with van der Waals surface area (Å²) < 4.78 is 5.22. The molecule has 2 aromatic heterocycles. The Bertz CT molecular complexity index is 1020. The van der Waals surface area contributed by atoms with Gasteiger partial charge in [0.05, 0.1) is 28.4 Å². The number of esters is 1. The van der Waals surface area contributed by atoms with Gasteiger partial charge in [-0.1, -0.05) is 12.1 Å². The van der Waals surface area contributed by atoms with Gasteiger partial charge in [0.1, 0.15) is 5.39 Å². The van der Waals surface area contributed by atoms with Crippen LogP contribution >= 0.6 is 0 Å². The van der Waals surface area contributed by atoms with Gasteiger partial charge in [-0.05, 0) is 31.5 Å². The van der Waals surface area contributed by atoms with Gasteiger partial charge in [0, 0.05) is 30.3 Å². The summed E-state index contributed by atoms with van der Waals surface area (Å²) in [4.78, 5) is 22.2. The normalized spacial score (nSPS) is 10.2. The first kappa shape index (κ1) is 20.1. The fraction of sp³-hybridized carbons (Fsp3) is 0.278. The van der Waals surface area contributed by atoms with Crippen molar-refractivity contribution >= 4 is 28.5 Å². The Morgan fingerprint density at radius 1 is 1.30 bits per heavy atom. The first-order valence-corrected chi connectivity index (χ1v) is 8.16. The average Bonchev–Trinajstić information content (AvgIpc) is 3.03. The van der Waals surface area contributed by atoms with E-state index >= 15 is 0 Å². The largest absolute Gasteiger partial charge is 1.00 e. The van der Waals surface area contributed by atoms with E-state index in [4.69, 9.17) is 4.74 Å². The van der Waals surface area contributed by atoms with Crippen LogP contribution in [0, 0.1) is 12.3 Å². The Balaban J connectivity index is 0.00000261. The number of H-pyrrole nitrogens is 1. The van der Waals surface area contributed by atoms with Crippen molar-refractivity contribution in [1.82, 2.24) is 15.2 Å². The van der Waals surface area contributed by atoms with E-state index in [2.05, 4.69) is 20.2 Å². The van der Waals surface area contributed by atoms with Crippen molar-refractivity contribution in [2.45, 2.75) is 13.8 Å². The number of nitrogens with zero attached hydrogens (tertiary/aromatic N) is 5. The predicted molar refractivity (Wildman–Crippen MR) is 99.1 cm³/mol. The van der Waals surface area contributed by atoms with Gasteiger partial charge in [-0.2, -0.15) is 5.10 Å². The summed E-state index contributed by atoms with van der Waals surface area (Å²) in [5, 5.41) is 16.5. The van der Waals surface area contributed by atoms with Gasteiger partial charge in [-0.3, -0.25) is 0 Å². The van der Waals surface area contributed by atoms with Crippen LogP contribution in [0.25, 0.3) is 27.1 Å². The predicted octanol–water partition coefficient (Wildman–Crippen LogP) is 0.665. The highest BCUT2D eigenvalue weighted by atomic mass is 35.5. The number of diazo groups is 1. The van der Waals surface area contributed by atoms with Gasteiger partial charge in [0.25, 0.3) is 0 Å². The van der Waals surface area contributed by atoms with E-state index in [0.717, 1.165) is 11.3 Å². The van der Waals surface area contributed by atoms with E-state index in [1.165, 1.54) is 0 Å². The van der Waals surface area contributed by atoms with Crippen LogP contribution in [0.1, 0.15) is 23.0 Å². The highest BCUT2D eigenvalue weighted by Gasteiger charge is 2.29. The van der Waals surface area contributed by atoms with E-state index in [1.54, 1.807) is 13.8 Å². The molecule has 0 aliphatic rings. The van der Waals surface area contributed by atoms with Crippen molar-refractivity contribution in [3.63, 3.8) is 0 Å². The first-order valence-electron chi connectivity index (χ1n) is 8.16. The molecule has 0 aliphatic heterocycles. The monoisotopic (exact) mass is 386 g/mol. The molecule has 140 valence electrons. The van der Waals surface area contributed by atoms with Crippen molar-refractivity contribution in [1.29, 1.82) is 5.39 Å². The van der Waals surface area contributed by atoms with Crippen LogP contribution in [0.5, 0.6) is 0 Å². The third-order valence-electron chi connectivity index (χ3n) is 4.12. The minimum absolute atomic E-state index is 0. The number of carbonyl (C=O) groups is 1. The van der Waals surface area contributed by atoms with E-state index in [9.17, 15) is 10.2 Å². The highest BCUT2D eigenvalue weighted by Crippen LogP contribution is 2.38. The van der Waals surface area contributed by atoms with E-state index < -0.39 is 5.97 Å². The second kappa shape index (κ2) is 8.01. The molecule has 0 bridgehead atoms. The zero-order chi connectivity index (χ0) is 18.8. The molecule has 0 saturated carbocycles. The van der Waals surface area contributed by atoms with Crippen LogP contribution in [0.3, 0.4) is 0 Å². The molecule has 0 radical (unpaired) electrons. The molecule has 0 saturated heterocycles. The van der Waals surface area contributed by atoms with Gasteiger partial charge < -0.3 is 22.0 Å². The maximum atomic E-state index is 12.6. The topological polar surface area (TPSA) is 99.3 Å². The molecule has 8 nitrogen and oxygen atoms in total. The molecule has 0 fully saturated rings. The van der Waals surface area contributed by atoms with Crippen LogP contribution in [0.4, 0.5) is 11.5 Å². The Morgan fingerprint density at radius 3 is 2.52 bits per heavy atom. The molecule has 3 rings (SSSR count). The zero-order valence-electron chi connectivity index (χ0n) is 15.4. The smallest absolute Gasteiger partial charge is 0.497 e. The maximum Gasteiger partial charge on any atom is 0.497 e. The Morgan fingerprint density at radius 2 is 1.96 bits per heavy atom. The number of fused-ring (bicyclic) bond motifs is 1. The van der Waals surface area contributed by atoms with Gasteiger partial charge in [0.2, 0.25) is 0 Å². The van der Waals surface area contributed by atoms with Gasteiger partial charge >= 0.3 is 11.8 Å². The number of ether oxygens (including phenoxy) is 1. The van der Waals surface area contributed by atoms with Crippen molar-refractivity contribution in [2.24, 2.45) is 0 Å². The molecule has 3 aromatic rings. The third kappa shape index (κ3) is 3.55. The minimum atomic E-state index is -0.476. The molecule has 0 unspecified atom stereocenters. The summed E-state index contributed by atoms with van der Waals surface area (Å²) in [5.41, 5.74) is 3.67. The Hall–Kier alpha value is -3.18. The number of hydrogen-bond donors (Lipinski definition) is 1. The lowest BCUT2D eigenvalue weighted by molar-refractivity contribution is -0.0000242. The quantitative estimate of drug-likeness (QED) is 0.522. The lowest BCUT2D eigenvalue weighted by atomic mass is 9.95. The Kier molecular flexibility index (Phi) is 5.98. The average molecular weight is 387 g/mol. The van der Waals surface area contributed by atoms with E-state index in [1.807, 2.05) is 43.3 Å². The van der Waals surface area contributed by atoms with Crippen molar-refractivity contribution < 1.29 is 21.9 Å². The third-order valence-corrected chi connectivity index (χ3v) is 4.12. The van der Waals surface area contributed by atoms with Crippen molar-refractivity contribution in [3.8, 4) is 11.1 Å². The fourth-order valence-electron chi connectivity index (χ4n) is 2.90. The van der Waals surface area contributed by atoms with Crippen molar-refractivity contribution in [3.05, 3.63) is 40.5 Å². The molecule has 1 N–H and O–H groups in total. The molecule has 1 aromatic carbocycles. The number of benzene rings is 1. The molecular weight excluding hydrogens is 368 g/mol. The standard InChI is InChI=1S/C18H18N6O2.ClH/c1-5-26-18(25)13-10(2)20-16-15(17(21-19)23-22-16)14(13)11-6-8-12(9-7-11)24(3)4;/h6-9H,5H2,1-4H3;1H. The number of halogens is 1. The molecule has 0 atom stereocenters. The van der Waals surface area contributed by atoms with Crippen LogP contribution in [0.15, 0.2) is 24.3 Å². The number of rotatable bonds is 4. The SMILES string of the molecule is CCOC(=O)c1c(C)nc2[nH]nc([N+]#N)c2c1-c1ccc(N(C)C)cc1.[Cl-]. The summed E-state index contributed by atoms with van der Waals surface area (Å²) in [6, 6.07) is 7.70. The van der Waals surface area contributed by atoms with Crippen LogP contribution in [0.2, 0.25) is 0 Å². The molecule has 2 heterocycles. The van der Waals surface area contributed by atoms with Gasteiger partial charge in [0.15, 0.2) is 5.65 Å². The summed E-state index contributed by atoms with van der Waals surface area (Å²) in [7, 11) is 3.90. The zero-order valence-corrected chi connectivity index (χ0v) is 16.2. The number of hydrogen-bond acceptors (Lipinski definition) is 6. The maximum absolute atomic E-state index is 12.6. The summed E-state index contributed by atoms with van der Waals surface area (Å²) in [5.74, 6) is -0.402. The Labute approximate surface area is 162 Å². The van der Waals surface area contributed by atoms with Crippen molar-refractivity contribution in [2.75, 3.05) is 25.6 Å². The van der Waals surface area contributed by atoms with Crippen LogP contribution in [-0.2, 0) is 4.74 Å². The number of anilines is 1. The minimum Gasteiger partial charge on any atom is -1.00 e. The summed E-state index contributed by atoms with van der Waals surface area (Å²) in [6.45, 7) is 3.73. The molecule has 0 amide bonds. The first-order chi connectivity index (χ1) is 12.5. The number of aromatic nitrogens is 3. The number of carbonyl (C=O) groups excluding carboxylic acids is 1. The van der Waals surface area contributed by atoms with E-state index in [-0.39, 0.29) is 24.8 Å². The van der Waals surface area contributed by atoms with Crippen LogP contribution < -0.4 is 17.3 Å². The highest BCUT2D eigenvalue weighted by molar-refractivity contribution is 6.10. The second-order valence-corrected chi connectivity index (χ2v) is 5.98. The van der Waals surface area contributed by atoms with Gasteiger partial charge in [-0.15, -0.1) is 0 Å². The number of nitrogens with one attached hydrogen (secondary N) is 1. The molecule has 0 spiro atoms. The van der Waals surface area contributed by atoms with E-state index in [0.29, 0.717) is 27.9 Å². The number of aromatic amines is 1.